The Labute approximate surface area is 179 Å². The van der Waals surface area contributed by atoms with Crippen LogP contribution in [0.3, 0.4) is 0 Å². The van der Waals surface area contributed by atoms with Gasteiger partial charge in [0.1, 0.15) is 5.01 Å². The van der Waals surface area contributed by atoms with Crippen molar-refractivity contribution >= 4 is 29.0 Å². The van der Waals surface area contributed by atoms with Gasteiger partial charge in [0.05, 0.1) is 29.4 Å². The number of hydrogen-bond acceptors (Lipinski definition) is 6. The van der Waals surface area contributed by atoms with Crippen molar-refractivity contribution in [3.63, 3.8) is 0 Å². The molecule has 1 amide bonds. The zero-order chi connectivity index (χ0) is 20.6. The minimum atomic E-state index is -0.0317. The highest BCUT2D eigenvalue weighted by Gasteiger charge is 2.36. The number of amides is 1. The minimum absolute atomic E-state index is 0.0140. The van der Waals surface area contributed by atoms with Gasteiger partial charge in [-0.3, -0.25) is 4.79 Å². The number of hydrogen-bond donors (Lipinski definition) is 1. The summed E-state index contributed by atoms with van der Waals surface area (Å²) >= 11 is 2.95. The zero-order valence-corrected chi connectivity index (χ0v) is 18.7. The monoisotopic (exact) mass is 427 g/mol. The molecule has 4 rings (SSSR count). The summed E-state index contributed by atoms with van der Waals surface area (Å²) in [6, 6.07) is 8.24. The number of nitrogens with one attached hydrogen (secondary N) is 1. The third-order valence-corrected chi connectivity index (χ3v) is 7.16. The van der Waals surface area contributed by atoms with Crippen LogP contribution in [0.2, 0.25) is 0 Å². The van der Waals surface area contributed by atoms with E-state index in [1.165, 1.54) is 34.4 Å². The van der Waals surface area contributed by atoms with Gasteiger partial charge in [0.2, 0.25) is 5.91 Å². The van der Waals surface area contributed by atoms with Gasteiger partial charge in [-0.25, -0.2) is 4.68 Å². The Morgan fingerprint density at radius 2 is 2.10 bits per heavy atom. The van der Waals surface area contributed by atoms with Crippen molar-refractivity contribution in [1.82, 2.24) is 25.3 Å². The molecule has 0 unspecified atom stereocenters. The molecule has 0 aliphatic heterocycles. The maximum atomic E-state index is 12.6. The lowest BCUT2D eigenvalue weighted by Crippen LogP contribution is -2.37. The van der Waals surface area contributed by atoms with Crippen molar-refractivity contribution < 1.29 is 4.79 Å². The number of carbonyl (C=O) groups is 1. The van der Waals surface area contributed by atoms with Gasteiger partial charge in [-0.05, 0) is 43.7 Å². The molecule has 152 valence electrons. The lowest BCUT2D eigenvalue weighted by atomic mass is 9.74. The van der Waals surface area contributed by atoms with E-state index in [1.807, 2.05) is 29.9 Å². The number of thioether (sulfide) groups is 1. The first kappa shape index (κ1) is 20.1. The number of aryl methyl sites for hydroxylation is 2. The number of rotatable bonds is 5. The van der Waals surface area contributed by atoms with Gasteiger partial charge in [0.15, 0.2) is 4.34 Å². The molecular formula is C21H25N5OS2. The first-order chi connectivity index (χ1) is 13.8. The molecule has 1 atom stereocenters. The molecule has 0 fully saturated rings. The molecule has 1 N–H and O–H groups in total. The largest absolute Gasteiger partial charge is 0.348 e. The van der Waals surface area contributed by atoms with Crippen molar-refractivity contribution in [2.75, 3.05) is 5.75 Å². The molecule has 0 bridgehead atoms. The van der Waals surface area contributed by atoms with Crippen LogP contribution in [0.25, 0.3) is 5.69 Å². The Balaban J connectivity index is 1.55. The predicted octanol–water partition coefficient (Wildman–Crippen LogP) is 4.26. The zero-order valence-electron chi connectivity index (χ0n) is 17.1. The summed E-state index contributed by atoms with van der Waals surface area (Å²) in [7, 11) is 0. The van der Waals surface area contributed by atoms with Crippen molar-refractivity contribution in [2.24, 2.45) is 5.41 Å². The van der Waals surface area contributed by atoms with Crippen molar-refractivity contribution in [2.45, 2.75) is 50.9 Å². The fraction of sp³-hybridized carbons (Fsp3) is 0.429. The fourth-order valence-electron chi connectivity index (χ4n) is 3.88. The van der Waals surface area contributed by atoms with E-state index in [-0.39, 0.29) is 17.4 Å². The summed E-state index contributed by atoms with van der Waals surface area (Å²) in [5, 5.41) is 16.9. The third kappa shape index (κ3) is 4.38. The Morgan fingerprint density at radius 3 is 2.83 bits per heavy atom. The molecule has 1 aliphatic carbocycles. The van der Waals surface area contributed by atoms with Crippen LogP contribution in [0, 0.1) is 19.3 Å². The average molecular weight is 428 g/mol. The fourth-order valence-corrected chi connectivity index (χ4v) is 5.51. The SMILES string of the molecule is Cc1nnc(SCC(=O)N[C@H]2CC(C)(C)Cc3c2cnn3-c2ccccc2C)s1. The van der Waals surface area contributed by atoms with E-state index in [4.69, 9.17) is 5.10 Å². The van der Waals surface area contributed by atoms with Gasteiger partial charge >= 0.3 is 0 Å². The van der Waals surface area contributed by atoms with Crippen molar-refractivity contribution in [3.8, 4) is 5.69 Å². The van der Waals surface area contributed by atoms with Gasteiger partial charge < -0.3 is 5.32 Å². The third-order valence-electron chi connectivity index (χ3n) is 5.19. The topological polar surface area (TPSA) is 72.7 Å². The highest BCUT2D eigenvalue weighted by molar-refractivity contribution is 8.01. The van der Waals surface area contributed by atoms with E-state index in [9.17, 15) is 4.79 Å². The molecule has 0 saturated carbocycles. The molecule has 1 aromatic carbocycles. The molecule has 2 heterocycles. The van der Waals surface area contributed by atoms with Crippen molar-refractivity contribution in [3.05, 3.63) is 52.3 Å². The second-order valence-corrected chi connectivity index (χ2v) is 10.7. The first-order valence-electron chi connectivity index (χ1n) is 9.67. The number of nitrogens with zero attached hydrogens (tertiary/aromatic N) is 4. The number of benzene rings is 1. The Kier molecular flexibility index (Phi) is 5.48. The molecule has 1 aliphatic rings. The van der Waals surface area contributed by atoms with Crippen LogP contribution >= 0.6 is 23.1 Å². The standard InChI is InChI=1S/C21H25N5OS2/c1-13-7-5-6-8-17(13)26-18-10-21(3,4)9-16(15(18)11-22-26)23-19(27)12-28-20-25-24-14(2)29-20/h5-8,11,16H,9-10,12H2,1-4H3,(H,23,27)/t16-/m0/s1. The Hall–Kier alpha value is -2.19. The maximum Gasteiger partial charge on any atom is 0.230 e. The van der Waals surface area contributed by atoms with Crippen LogP contribution < -0.4 is 5.32 Å². The minimum Gasteiger partial charge on any atom is -0.348 e. The molecule has 8 heteroatoms. The average Bonchev–Trinajstić information content (AvgIpc) is 3.26. The van der Waals surface area contributed by atoms with Crippen molar-refractivity contribution in [1.29, 1.82) is 0 Å². The second-order valence-electron chi connectivity index (χ2n) is 8.29. The molecule has 0 spiro atoms. The maximum absolute atomic E-state index is 12.6. The van der Waals surface area contributed by atoms with Crippen LogP contribution in [-0.4, -0.2) is 31.6 Å². The van der Waals surface area contributed by atoms with Crippen LogP contribution in [0.5, 0.6) is 0 Å². The molecule has 0 saturated heterocycles. The van der Waals surface area contributed by atoms with Gasteiger partial charge in [0, 0.05) is 5.56 Å². The van der Waals surface area contributed by atoms with E-state index in [0.29, 0.717) is 5.75 Å². The summed E-state index contributed by atoms with van der Waals surface area (Å²) in [5.74, 6) is 0.354. The molecule has 6 nitrogen and oxygen atoms in total. The molecule has 29 heavy (non-hydrogen) atoms. The highest BCUT2D eigenvalue weighted by atomic mass is 32.2. The van der Waals surface area contributed by atoms with Gasteiger partial charge in [-0.15, -0.1) is 10.2 Å². The van der Waals surface area contributed by atoms with E-state index >= 15 is 0 Å². The highest BCUT2D eigenvalue weighted by Crippen LogP contribution is 2.41. The van der Waals surface area contributed by atoms with Crippen LogP contribution in [0.15, 0.2) is 34.8 Å². The Bertz CT molecular complexity index is 1040. The van der Waals surface area contributed by atoms with E-state index in [2.05, 4.69) is 48.4 Å². The van der Waals surface area contributed by atoms with Gasteiger partial charge in [0.25, 0.3) is 0 Å². The van der Waals surface area contributed by atoms with Crippen LogP contribution in [0.1, 0.15) is 48.1 Å². The lowest BCUT2D eigenvalue weighted by Gasteiger charge is -2.36. The number of fused-ring (bicyclic) bond motifs is 1. The van der Waals surface area contributed by atoms with Crippen LogP contribution in [-0.2, 0) is 11.2 Å². The van der Waals surface area contributed by atoms with E-state index < -0.39 is 0 Å². The molecular weight excluding hydrogens is 402 g/mol. The normalized spacial score (nSPS) is 17.7. The quantitative estimate of drug-likeness (QED) is 0.616. The Morgan fingerprint density at radius 1 is 1.31 bits per heavy atom. The van der Waals surface area contributed by atoms with Crippen LogP contribution in [0.4, 0.5) is 0 Å². The number of para-hydroxylation sites is 1. The molecule has 2 aromatic heterocycles. The summed E-state index contributed by atoms with van der Waals surface area (Å²) in [6.45, 7) is 8.52. The summed E-state index contributed by atoms with van der Waals surface area (Å²) in [5.41, 5.74) is 4.67. The number of carbonyl (C=O) groups excluding carboxylic acids is 1. The molecule has 0 radical (unpaired) electrons. The second kappa shape index (κ2) is 7.91. The smallest absolute Gasteiger partial charge is 0.230 e. The summed E-state index contributed by atoms with van der Waals surface area (Å²) in [4.78, 5) is 12.6. The van der Waals surface area contributed by atoms with E-state index in [1.54, 1.807) is 0 Å². The summed E-state index contributed by atoms with van der Waals surface area (Å²) < 4.78 is 2.87. The first-order valence-corrected chi connectivity index (χ1v) is 11.5. The van der Waals surface area contributed by atoms with Gasteiger partial charge in [-0.2, -0.15) is 5.10 Å². The predicted molar refractivity (Wildman–Crippen MR) is 117 cm³/mol. The summed E-state index contributed by atoms with van der Waals surface area (Å²) in [6.07, 6.45) is 3.75. The molecule has 3 aromatic rings. The lowest BCUT2D eigenvalue weighted by molar-refractivity contribution is -0.119. The number of aromatic nitrogens is 4. The van der Waals surface area contributed by atoms with E-state index in [0.717, 1.165) is 33.4 Å². The van der Waals surface area contributed by atoms with Gasteiger partial charge in [-0.1, -0.05) is 55.1 Å².